The van der Waals surface area contributed by atoms with E-state index in [1.165, 1.54) is 43.9 Å². The van der Waals surface area contributed by atoms with Gasteiger partial charge in [0.2, 0.25) is 11.1 Å². The van der Waals surface area contributed by atoms with Gasteiger partial charge in [-0.15, -0.1) is 5.10 Å². The lowest BCUT2D eigenvalue weighted by Gasteiger charge is -2.39. The second kappa shape index (κ2) is 6.80. The van der Waals surface area contributed by atoms with Crippen LogP contribution in [0.5, 0.6) is 0 Å². The fourth-order valence-corrected chi connectivity index (χ4v) is 6.38. The van der Waals surface area contributed by atoms with Crippen LogP contribution in [-0.4, -0.2) is 37.9 Å². The smallest absolute Gasteiger partial charge is 0.230 e. The Hall–Kier alpha value is -1.11. The second-order valence-electron chi connectivity index (χ2n) is 9.22. The van der Waals surface area contributed by atoms with Crippen LogP contribution in [0.25, 0.3) is 0 Å². The van der Waals surface area contributed by atoms with Crippen molar-refractivity contribution in [2.75, 3.05) is 5.75 Å². The van der Waals surface area contributed by atoms with Gasteiger partial charge in [0.25, 0.3) is 0 Å². The third-order valence-corrected chi connectivity index (χ3v) is 8.78. The van der Waals surface area contributed by atoms with Gasteiger partial charge in [-0.3, -0.25) is 4.79 Å². The van der Waals surface area contributed by atoms with E-state index in [9.17, 15) is 4.79 Å². The Balaban J connectivity index is 1.34. The predicted molar refractivity (Wildman–Crippen MR) is 102 cm³/mol. The lowest BCUT2D eigenvalue weighted by atomic mass is 9.69. The monoisotopic (exact) mass is 377 g/mol. The molecule has 144 valence electrons. The molecule has 1 aromatic rings. The molecule has 3 fully saturated rings. The van der Waals surface area contributed by atoms with Gasteiger partial charge in [-0.25, -0.2) is 4.68 Å². The van der Waals surface area contributed by atoms with Crippen LogP contribution in [0.1, 0.15) is 78.2 Å². The Labute approximate surface area is 160 Å². The van der Waals surface area contributed by atoms with E-state index >= 15 is 0 Å². The molecule has 26 heavy (non-hydrogen) atoms. The maximum Gasteiger partial charge on any atom is 0.230 e. The Bertz CT molecular complexity index is 669. The molecule has 1 aromatic heterocycles. The van der Waals surface area contributed by atoms with E-state index in [-0.39, 0.29) is 11.3 Å². The largest absolute Gasteiger partial charge is 0.352 e. The van der Waals surface area contributed by atoms with Crippen molar-refractivity contribution in [3.05, 3.63) is 0 Å². The first-order chi connectivity index (χ1) is 12.4. The molecule has 4 rings (SSSR count). The van der Waals surface area contributed by atoms with Gasteiger partial charge in [0.1, 0.15) is 0 Å². The van der Waals surface area contributed by atoms with Crippen LogP contribution in [-0.2, 0) is 4.79 Å². The van der Waals surface area contributed by atoms with Gasteiger partial charge in [0.05, 0.1) is 11.8 Å². The summed E-state index contributed by atoms with van der Waals surface area (Å²) >= 11 is 1.47. The quantitative estimate of drug-likeness (QED) is 0.794. The predicted octanol–water partition coefficient (Wildman–Crippen LogP) is 3.60. The summed E-state index contributed by atoms with van der Waals surface area (Å²) in [5.41, 5.74) is 0.546. The van der Waals surface area contributed by atoms with E-state index in [1.807, 2.05) is 4.68 Å². The van der Waals surface area contributed by atoms with Crippen molar-refractivity contribution in [1.82, 2.24) is 25.5 Å². The maximum absolute atomic E-state index is 12.6. The zero-order valence-electron chi connectivity index (χ0n) is 16.2. The molecule has 1 N–H and O–H groups in total. The third-order valence-electron chi connectivity index (χ3n) is 7.84. The first-order valence-corrected chi connectivity index (χ1v) is 11.1. The van der Waals surface area contributed by atoms with Crippen molar-refractivity contribution in [3.8, 4) is 0 Å². The van der Waals surface area contributed by atoms with Crippen molar-refractivity contribution < 1.29 is 4.79 Å². The number of fused-ring (bicyclic) bond motifs is 2. The number of rotatable bonds is 5. The van der Waals surface area contributed by atoms with E-state index in [0.29, 0.717) is 23.3 Å². The van der Waals surface area contributed by atoms with Crippen LogP contribution in [0.3, 0.4) is 0 Å². The summed E-state index contributed by atoms with van der Waals surface area (Å²) in [5.74, 6) is 1.25. The fourth-order valence-electron chi connectivity index (χ4n) is 5.62. The van der Waals surface area contributed by atoms with Crippen LogP contribution in [0.2, 0.25) is 0 Å². The molecular weight excluding hydrogens is 346 g/mol. The zero-order valence-corrected chi connectivity index (χ0v) is 17.0. The normalized spacial score (nSPS) is 33.5. The summed E-state index contributed by atoms with van der Waals surface area (Å²) in [6, 6.07) is 0.702. The molecule has 1 amide bonds. The van der Waals surface area contributed by atoms with Crippen molar-refractivity contribution >= 4 is 17.7 Å². The summed E-state index contributed by atoms with van der Waals surface area (Å²) in [6.45, 7) is 7.12. The molecule has 3 saturated carbocycles. The number of nitrogens with zero attached hydrogens (tertiary/aromatic N) is 4. The molecular formula is C19H31N5OS. The Morgan fingerprint density at radius 2 is 2.00 bits per heavy atom. The second-order valence-corrected chi connectivity index (χ2v) is 10.2. The highest BCUT2D eigenvalue weighted by atomic mass is 32.2. The number of carbonyl (C=O) groups is 1. The molecule has 3 atom stereocenters. The number of amides is 1. The highest BCUT2D eigenvalue weighted by Gasteiger charge is 2.61. The van der Waals surface area contributed by atoms with Gasteiger partial charge in [-0.05, 0) is 59.3 Å². The van der Waals surface area contributed by atoms with E-state index in [0.717, 1.165) is 30.3 Å². The summed E-state index contributed by atoms with van der Waals surface area (Å²) in [6.07, 6.45) is 9.73. The number of thioether (sulfide) groups is 1. The molecule has 0 aliphatic heterocycles. The van der Waals surface area contributed by atoms with Crippen LogP contribution in [0, 0.1) is 16.7 Å². The van der Waals surface area contributed by atoms with Gasteiger partial charge in [-0.2, -0.15) is 0 Å². The zero-order chi connectivity index (χ0) is 18.4. The van der Waals surface area contributed by atoms with Crippen LogP contribution >= 0.6 is 11.8 Å². The number of nitrogens with one attached hydrogen (secondary N) is 1. The Morgan fingerprint density at radius 3 is 2.65 bits per heavy atom. The van der Waals surface area contributed by atoms with Gasteiger partial charge < -0.3 is 5.32 Å². The van der Waals surface area contributed by atoms with Crippen molar-refractivity contribution in [1.29, 1.82) is 0 Å². The summed E-state index contributed by atoms with van der Waals surface area (Å²) in [5, 5.41) is 16.3. The van der Waals surface area contributed by atoms with Crippen molar-refractivity contribution in [2.45, 2.75) is 89.4 Å². The van der Waals surface area contributed by atoms with E-state index in [2.05, 4.69) is 41.6 Å². The van der Waals surface area contributed by atoms with E-state index < -0.39 is 0 Å². The summed E-state index contributed by atoms with van der Waals surface area (Å²) in [7, 11) is 0. The molecule has 6 nitrogen and oxygen atoms in total. The maximum atomic E-state index is 12.6. The SMILES string of the molecule is CC1(C)C2CCC1(C)C(NC(=O)CSc1nnnn1C1CCCCC1)C2. The third kappa shape index (κ3) is 2.96. The molecule has 2 bridgehead atoms. The minimum Gasteiger partial charge on any atom is -0.352 e. The molecule has 0 aromatic carbocycles. The van der Waals surface area contributed by atoms with E-state index in [1.54, 1.807) is 0 Å². The number of carbonyl (C=O) groups excluding carboxylic acids is 1. The summed E-state index contributed by atoms with van der Waals surface area (Å²) in [4.78, 5) is 12.6. The number of hydrogen-bond donors (Lipinski definition) is 1. The molecule has 1 heterocycles. The lowest BCUT2D eigenvalue weighted by Crippen LogP contribution is -2.47. The average Bonchev–Trinajstić information content (AvgIpc) is 3.23. The minimum absolute atomic E-state index is 0.114. The van der Waals surface area contributed by atoms with E-state index in [4.69, 9.17) is 0 Å². The molecule has 0 radical (unpaired) electrons. The first kappa shape index (κ1) is 18.3. The fraction of sp³-hybridized carbons (Fsp3) is 0.895. The minimum atomic E-state index is 0.114. The topological polar surface area (TPSA) is 72.7 Å². The van der Waals surface area contributed by atoms with Crippen molar-refractivity contribution in [3.63, 3.8) is 0 Å². The molecule has 3 unspecified atom stereocenters. The average molecular weight is 378 g/mol. The number of aromatic nitrogens is 4. The number of hydrogen-bond acceptors (Lipinski definition) is 5. The lowest BCUT2D eigenvalue weighted by molar-refractivity contribution is -0.120. The summed E-state index contributed by atoms with van der Waals surface area (Å²) < 4.78 is 1.94. The van der Waals surface area contributed by atoms with Gasteiger partial charge in [0.15, 0.2) is 0 Å². The number of tetrazole rings is 1. The molecule has 7 heteroatoms. The Kier molecular flexibility index (Phi) is 4.78. The van der Waals surface area contributed by atoms with Gasteiger partial charge in [0, 0.05) is 6.04 Å². The first-order valence-electron chi connectivity index (χ1n) is 10.1. The highest BCUT2D eigenvalue weighted by Crippen LogP contribution is 2.65. The van der Waals surface area contributed by atoms with Gasteiger partial charge >= 0.3 is 0 Å². The molecule has 0 spiro atoms. The standard InChI is InChI=1S/C19H31N5OS/c1-18(2)13-9-10-19(18,3)15(11-13)20-16(25)12-26-17-21-22-23-24(17)14-7-5-4-6-8-14/h13-15H,4-12H2,1-3H3,(H,20,25). The Morgan fingerprint density at radius 1 is 1.23 bits per heavy atom. The molecule has 0 saturated heterocycles. The molecule has 3 aliphatic rings. The van der Waals surface area contributed by atoms with Crippen molar-refractivity contribution in [2.24, 2.45) is 16.7 Å². The highest BCUT2D eigenvalue weighted by molar-refractivity contribution is 7.99. The van der Waals surface area contributed by atoms with Crippen LogP contribution in [0.15, 0.2) is 5.16 Å². The van der Waals surface area contributed by atoms with Gasteiger partial charge in [-0.1, -0.05) is 51.8 Å². The molecule has 3 aliphatic carbocycles. The van der Waals surface area contributed by atoms with Crippen LogP contribution < -0.4 is 5.32 Å². The van der Waals surface area contributed by atoms with Crippen LogP contribution in [0.4, 0.5) is 0 Å².